The molecular formula is C12H24N2O4. The molecule has 0 spiro atoms. The first-order valence-corrected chi connectivity index (χ1v) is 5.90. The molecule has 0 N–H and O–H groups in total. The SMILES string of the molecule is COC(=O)N(CCCC(=O)N(C)OC)C(C)(C)C. The normalized spacial score (nSPS) is 11.0. The zero-order valence-electron chi connectivity index (χ0n) is 12.1. The van der Waals surface area contributed by atoms with Crippen LogP contribution in [0.15, 0.2) is 0 Å². The minimum atomic E-state index is -0.380. The second-order valence-electron chi connectivity index (χ2n) is 4.97. The van der Waals surface area contributed by atoms with Gasteiger partial charge in [0.1, 0.15) is 0 Å². The second kappa shape index (κ2) is 7.20. The fourth-order valence-electron chi connectivity index (χ4n) is 1.46. The van der Waals surface area contributed by atoms with Gasteiger partial charge < -0.3 is 9.64 Å². The second-order valence-corrected chi connectivity index (χ2v) is 4.97. The Hall–Kier alpha value is -1.30. The third kappa shape index (κ3) is 5.35. The van der Waals surface area contributed by atoms with E-state index in [4.69, 9.17) is 9.57 Å². The molecular weight excluding hydrogens is 236 g/mol. The predicted molar refractivity (Wildman–Crippen MR) is 67.9 cm³/mol. The van der Waals surface area contributed by atoms with Crippen molar-refractivity contribution in [2.45, 2.75) is 39.2 Å². The highest BCUT2D eigenvalue weighted by molar-refractivity contribution is 5.74. The molecule has 0 fully saturated rings. The molecule has 0 aliphatic heterocycles. The Bertz CT molecular complexity index is 286. The van der Waals surface area contributed by atoms with Crippen LogP contribution in [0.3, 0.4) is 0 Å². The molecule has 0 aromatic rings. The lowest BCUT2D eigenvalue weighted by Crippen LogP contribution is -2.46. The first kappa shape index (κ1) is 16.7. The highest BCUT2D eigenvalue weighted by Crippen LogP contribution is 2.15. The van der Waals surface area contributed by atoms with Crippen LogP contribution < -0.4 is 0 Å². The average molecular weight is 260 g/mol. The molecule has 0 aromatic carbocycles. The van der Waals surface area contributed by atoms with Gasteiger partial charge in [-0.1, -0.05) is 0 Å². The van der Waals surface area contributed by atoms with Gasteiger partial charge in [-0.3, -0.25) is 9.63 Å². The van der Waals surface area contributed by atoms with Gasteiger partial charge in [0.15, 0.2) is 0 Å². The Morgan fingerprint density at radius 3 is 2.11 bits per heavy atom. The van der Waals surface area contributed by atoms with E-state index in [1.807, 2.05) is 20.8 Å². The van der Waals surface area contributed by atoms with Gasteiger partial charge in [-0.25, -0.2) is 9.86 Å². The van der Waals surface area contributed by atoms with Crippen molar-refractivity contribution in [2.75, 3.05) is 27.8 Å². The number of methoxy groups -OCH3 is 1. The van der Waals surface area contributed by atoms with Gasteiger partial charge in [-0.15, -0.1) is 0 Å². The molecule has 6 heteroatoms. The van der Waals surface area contributed by atoms with E-state index >= 15 is 0 Å². The summed E-state index contributed by atoms with van der Waals surface area (Å²) < 4.78 is 4.73. The fraction of sp³-hybridized carbons (Fsp3) is 0.833. The van der Waals surface area contributed by atoms with Crippen molar-refractivity contribution in [3.63, 3.8) is 0 Å². The largest absolute Gasteiger partial charge is 0.453 e. The van der Waals surface area contributed by atoms with Crippen LogP contribution in [0, 0.1) is 0 Å². The lowest BCUT2D eigenvalue weighted by atomic mass is 10.1. The maximum Gasteiger partial charge on any atom is 0.409 e. The van der Waals surface area contributed by atoms with Crippen LogP contribution in [0.2, 0.25) is 0 Å². The maximum atomic E-state index is 11.6. The number of carbonyl (C=O) groups excluding carboxylic acids is 2. The van der Waals surface area contributed by atoms with Crippen molar-refractivity contribution in [1.29, 1.82) is 0 Å². The van der Waals surface area contributed by atoms with Gasteiger partial charge in [0, 0.05) is 25.6 Å². The van der Waals surface area contributed by atoms with E-state index < -0.39 is 0 Å². The molecule has 6 nitrogen and oxygen atoms in total. The number of nitrogens with zero attached hydrogens (tertiary/aromatic N) is 2. The summed E-state index contributed by atoms with van der Waals surface area (Å²) in [7, 11) is 4.35. The fourth-order valence-corrected chi connectivity index (χ4v) is 1.46. The molecule has 0 saturated heterocycles. The Morgan fingerprint density at radius 1 is 1.17 bits per heavy atom. The van der Waals surface area contributed by atoms with Gasteiger partial charge in [0.05, 0.1) is 14.2 Å². The number of ether oxygens (including phenoxy) is 1. The number of hydrogen-bond donors (Lipinski definition) is 0. The molecule has 0 rings (SSSR count). The Labute approximate surface area is 109 Å². The topological polar surface area (TPSA) is 59.1 Å². The van der Waals surface area contributed by atoms with E-state index in [9.17, 15) is 9.59 Å². The molecule has 0 radical (unpaired) electrons. The molecule has 0 aromatic heterocycles. The van der Waals surface area contributed by atoms with Gasteiger partial charge in [0.25, 0.3) is 0 Å². The molecule has 0 unspecified atom stereocenters. The number of amides is 2. The van der Waals surface area contributed by atoms with Crippen LogP contribution in [-0.4, -0.2) is 55.3 Å². The van der Waals surface area contributed by atoms with E-state index in [1.165, 1.54) is 19.3 Å². The molecule has 0 saturated carbocycles. The summed E-state index contributed by atoms with van der Waals surface area (Å²) in [5.74, 6) is -0.115. The standard InChI is InChI=1S/C12H24N2O4/c1-12(2,3)14(11(16)17-5)9-7-8-10(15)13(4)18-6/h7-9H2,1-6H3. The van der Waals surface area contributed by atoms with Crippen molar-refractivity contribution in [1.82, 2.24) is 9.96 Å². The predicted octanol–water partition coefficient (Wildman–Crippen LogP) is 1.65. The monoisotopic (exact) mass is 260 g/mol. The highest BCUT2D eigenvalue weighted by Gasteiger charge is 2.26. The average Bonchev–Trinajstić information content (AvgIpc) is 2.30. The molecule has 2 amide bonds. The maximum absolute atomic E-state index is 11.6. The van der Waals surface area contributed by atoms with Crippen molar-refractivity contribution < 1.29 is 19.2 Å². The zero-order valence-corrected chi connectivity index (χ0v) is 12.1. The third-order valence-electron chi connectivity index (χ3n) is 2.60. The highest BCUT2D eigenvalue weighted by atomic mass is 16.7. The lowest BCUT2D eigenvalue weighted by Gasteiger charge is -2.34. The molecule has 0 aliphatic carbocycles. The minimum Gasteiger partial charge on any atom is -0.453 e. The van der Waals surface area contributed by atoms with E-state index in [2.05, 4.69) is 0 Å². The van der Waals surface area contributed by atoms with Crippen LogP contribution in [0.4, 0.5) is 4.79 Å². The number of hydrogen-bond acceptors (Lipinski definition) is 4. The number of hydroxylamine groups is 2. The zero-order chi connectivity index (χ0) is 14.3. The summed E-state index contributed by atoms with van der Waals surface area (Å²) in [5, 5.41) is 1.18. The number of rotatable bonds is 5. The van der Waals surface area contributed by atoms with E-state index in [-0.39, 0.29) is 17.5 Å². The van der Waals surface area contributed by atoms with Crippen molar-refractivity contribution >= 4 is 12.0 Å². The molecule has 0 heterocycles. The third-order valence-corrected chi connectivity index (χ3v) is 2.60. The Balaban J connectivity index is 4.30. The van der Waals surface area contributed by atoms with Crippen LogP contribution in [0.1, 0.15) is 33.6 Å². The van der Waals surface area contributed by atoms with Crippen molar-refractivity contribution in [3.05, 3.63) is 0 Å². The van der Waals surface area contributed by atoms with Crippen LogP contribution in [0.5, 0.6) is 0 Å². The van der Waals surface area contributed by atoms with Gasteiger partial charge >= 0.3 is 6.09 Å². The summed E-state index contributed by atoms with van der Waals surface area (Å²) in [4.78, 5) is 29.5. The lowest BCUT2D eigenvalue weighted by molar-refractivity contribution is -0.168. The molecule has 18 heavy (non-hydrogen) atoms. The van der Waals surface area contributed by atoms with E-state index in [1.54, 1.807) is 11.9 Å². The van der Waals surface area contributed by atoms with Crippen LogP contribution >= 0.6 is 0 Å². The molecule has 0 bridgehead atoms. The van der Waals surface area contributed by atoms with Crippen LogP contribution in [0.25, 0.3) is 0 Å². The Morgan fingerprint density at radius 2 is 1.72 bits per heavy atom. The summed E-state index contributed by atoms with van der Waals surface area (Å²) in [6.07, 6.45) is 0.516. The summed E-state index contributed by atoms with van der Waals surface area (Å²) in [6, 6.07) is 0. The van der Waals surface area contributed by atoms with E-state index in [0.717, 1.165) is 0 Å². The van der Waals surface area contributed by atoms with Crippen LogP contribution in [-0.2, 0) is 14.4 Å². The van der Waals surface area contributed by atoms with Gasteiger partial charge in [0.2, 0.25) is 5.91 Å². The van der Waals surface area contributed by atoms with E-state index in [0.29, 0.717) is 19.4 Å². The minimum absolute atomic E-state index is 0.115. The van der Waals surface area contributed by atoms with Crippen molar-refractivity contribution in [2.24, 2.45) is 0 Å². The summed E-state index contributed by atoms with van der Waals surface area (Å²) in [6.45, 7) is 6.24. The first-order chi connectivity index (χ1) is 8.23. The van der Waals surface area contributed by atoms with Gasteiger partial charge in [-0.2, -0.15) is 0 Å². The quantitative estimate of drug-likeness (QED) is 0.705. The molecule has 106 valence electrons. The van der Waals surface area contributed by atoms with Gasteiger partial charge in [-0.05, 0) is 27.2 Å². The summed E-state index contributed by atoms with van der Waals surface area (Å²) >= 11 is 0. The number of carbonyl (C=O) groups is 2. The summed E-state index contributed by atoms with van der Waals surface area (Å²) in [5.41, 5.74) is -0.330. The Kier molecular flexibility index (Phi) is 6.68. The first-order valence-electron chi connectivity index (χ1n) is 5.90. The smallest absolute Gasteiger partial charge is 0.409 e. The van der Waals surface area contributed by atoms with Crippen molar-refractivity contribution in [3.8, 4) is 0 Å². The molecule has 0 aliphatic rings. The molecule has 0 atom stereocenters.